The third-order valence-electron chi connectivity index (χ3n) is 3.27. The second-order valence-electron chi connectivity index (χ2n) is 4.64. The summed E-state index contributed by atoms with van der Waals surface area (Å²) in [4.78, 5) is 16.8. The Morgan fingerprint density at radius 3 is 2.69 bits per heavy atom. The molecule has 1 saturated heterocycles. The van der Waals surface area contributed by atoms with Crippen molar-refractivity contribution >= 4 is 6.03 Å². The topological polar surface area (TPSA) is 62.4 Å². The summed E-state index contributed by atoms with van der Waals surface area (Å²) >= 11 is 0. The Morgan fingerprint density at radius 1 is 1.19 bits per heavy atom. The molecular formula is C11H21N3O2. The van der Waals surface area contributed by atoms with Gasteiger partial charge in [-0.1, -0.05) is 19.3 Å². The maximum atomic E-state index is 11.5. The Balaban J connectivity index is 1.59. The first kappa shape index (κ1) is 11.7. The fourth-order valence-corrected chi connectivity index (χ4v) is 2.33. The van der Waals surface area contributed by atoms with Crippen molar-refractivity contribution in [1.29, 1.82) is 0 Å². The van der Waals surface area contributed by atoms with Crippen LogP contribution in [0.3, 0.4) is 0 Å². The van der Waals surface area contributed by atoms with E-state index in [0.29, 0.717) is 6.04 Å². The number of urea groups is 1. The maximum absolute atomic E-state index is 11.5. The Kier molecular flexibility index (Phi) is 4.42. The van der Waals surface area contributed by atoms with Gasteiger partial charge in [0.2, 0.25) is 0 Å². The molecule has 5 nitrogen and oxygen atoms in total. The molecule has 0 radical (unpaired) electrons. The number of hydroxylamine groups is 1. The summed E-state index contributed by atoms with van der Waals surface area (Å²) < 4.78 is 0. The second kappa shape index (κ2) is 6.06. The molecule has 1 aliphatic carbocycles. The van der Waals surface area contributed by atoms with E-state index in [1.807, 2.05) is 0 Å². The number of hydrogen-bond acceptors (Lipinski definition) is 3. The van der Waals surface area contributed by atoms with Crippen molar-refractivity contribution in [1.82, 2.24) is 16.1 Å². The van der Waals surface area contributed by atoms with E-state index in [1.54, 1.807) is 0 Å². The van der Waals surface area contributed by atoms with E-state index in [0.717, 1.165) is 32.4 Å². The Bertz CT molecular complexity index is 223. The van der Waals surface area contributed by atoms with Crippen LogP contribution in [0.4, 0.5) is 4.79 Å². The summed E-state index contributed by atoms with van der Waals surface area (Å²) in [5.74, 6) is 0. The smallest absolute Gasteiger partial charge is 0.334 e. The van der Waals surface area contributed by atoms with Gasteiger partial charge in [0.15, 0.2) is 0 Å². The van der Waals surface area contributed by atoms with Gasteiger partial charge in [0.1, 0.15) is 0 Å². The minimum atomic E-state index is -0.196. The fraction of sp³-hybridized carbons (Fsp3) is 0.909. The lowest BCUT2D eigenvalue weighted by molar-refractivity contribution is 0.00631. The highest BCUT2D eigenvalue weighted by molar-refractivity contribution is 5.73. The van der Waals surface area contributed by atoms with E-state index < -0.39 is 0 Å². The average molecular weight is 227 g/mol. The molecule has 0 aromatic rings. The van der Waals surface area contributed by atoms with Crippen molar-refractivity contribution in [2.75, 3.05) is 13.1 Å². The molecule has 1 aliphatic heterocycles. The van der Waals surface area contributed by atoms with E-state index in [-0.39, 0.29) is 12.1 Å². The van der Waals surface area contributed by atoms with Crippen LogP contribution in [0.5, 0.6) is 0 Å². The molecule has 2 aliphatic rings. The standard InChI is InChI=1S/C11H21N3O2/c15-11(13-9-4-2-1-3-5-9)14-16-10-6-7-12-8-10/h9-10,12H,1-8H2,(H2,13,14,15). The van der Waals surface area contributed by atoms with Crippen molar-refractivity contribution < 1.29 is 9.63 Å². The Hall–Kier alpha value is -0.810. The zero-order valence-electron chi connectivity index (χ0n) is 9.63. The molecule has 2 amide bonds. The van der Waals surface area contributed by atoms with Gasteiger partial charge >= 0.3 is 6.03 Å². The predicted octanol–water partition coefficient (Wildman–Crippen LogP) is 0.912. The zero-order chi connectivity index (χ0) is 11.2. The van der Waals surface area contributed by atoms with Crippen LogP contribution in [0, 0.1) is 0 Å². The van der Waals surface area contributed by atoms with Gasteiger partial charge in [0, 0.05) is 12.6 Å². The molecule has 2 rings (SSSR count). The zero-order valence-corrected chi connectivity index (χ0v) is 9.63. The predicted molar refractivity (Wildman–Crippen MR) is 60.9 cm³/mol. The largest absolute Gasteiger partial charge is 0.338 e. The first-order chi connectivity index (χ1) is 7.84. The molecule has 0 bridgehead atoms. The average Bonchev–Trinajstić information content (AvgIpc) is 2.81. The first-order valence-corrected chi connectivity index (χ1v) is 6.27. The van der Waals surface area contributed by atoms with Gasteiger partial charge in [0.25, 0.3) is 0 Å². The molecule has 92 valence electrons. The highest BCUT2D eigenvalue weighted by Gasteiger charge is 2.18. The van der Waals surface area contributed by atoms with Crippen LogP contribution < -0.4 is 16.1 Å². The lowest BCUT2D eigenvalue weighted by Gasteiger charge is -2.23. The van der Waals surface area contributed by atoms with Gasteiger partial charge in [-0.3, -0.25) is 4.84 Å². The van der Waals surface area contributed by atoms with Crippen LogP contribution in [-0.4, -0.2) is 31.3 Å². The second-order valence-corrected chi connectivity index (χ2v) is 4.64. The van der Waals surface area contributed by atoms with Crippen LogP contribution in [-0.2, 0) is 4.84 Å². The van der Waals surface area contributed by atoms with Crippen molar-refractivity contribution in [2.45, 2.75) is 50.7 Å². The number of amides is 2. The number of hydrogen-bond donors (Lipinski definition) is 3. The van der Waals surface area contributed by atoms with Crippen molar-refractivity contribution in [3.05, 3.63) is 0 Å². The molecular weight excluding hydrogens is 206 g/mol. The van der Waals surface area contributed by atoms with Gasteiger partial charge in [-0.05, 0) is 25.8 Å². The number of carbonyl (C=O) groups excluding carboxylic acids is 1. The Morgan fingerprint density at radius 2 is 2.00 bits per heavy atom. The van der Waals surface area contributed by atoms with E-state index >= 15 is 0 Å². The molecule has 16 heavy (non-hydrogen) atoms. The molecule has 0 aromatic carbocycles. The molecule has 5 heteroatoms. The molecule has 1 heterocycles. The summed E-state index contributed by atoms with van der Waals surface area (Å²) in [5.41, 5.74) is 2.48. The van der Waals surface area contributed by atoms with E-state index in [1.165, 1.54) is 19.3 Å². The van der Waals surface area contributed by atoms with Gasteiger partial charge in [0.05, 0.1) is 6.10 Å². The van der Waals surface area contributed by atoms with Crippen LogP contribution in [0.25, 0.3) is 0 Å². The first-order valence-electron chi connectivity index (χ1n) is 6.27. The van der Waals surface area contributed by atoms with Gasteiger partial charge in [-0.15, -0.1) is 0 Å². The highest BCUT2D eigenvalue weighted by atomic mass is 16.7. The molecule has 1 saturated carbocycles. The van der Waals surface area contributed by atoms with Crippen LogP contribution in [0.15, 0.2) is 0 Å². The molecule has 3 N–H and O–H groups in total. The number of nitrogens with one attached hydrogen (secondary N) is 3. The third-order valence-corrected chi connectivity index (χ3v) is 3.27. The monoisotopic (exact) mass is 227 g/mol. The van der Waals surface area contributed by atoms with Crippen molar-refractivity contribution in [3.63, 3.8) is 0 Å². The molecule has 1 atom stereocenters. The highest BCUT2D eigenvalue weighted by Crippen LogP contribution is 2.17. The summed E-state index contributed by atoms with van der Waals surface area (Å²) in [6.07, 6.45) is 7.01. The minimum absolute atomic E-state index is 0.122. The molecule has 0 spiro atoms. The summed E-state index contributed by atoms with van der Waals surface area (Å²) in [6.45, 7) is 1.79. The van der Waals surface area contributed by atoms with Crippen molar-refractivity contribution in [2.24, 2.45) is 0 Å². The van der Waals surface area contributed by atoms with E-state index in [2.05, 4.69) is 16.1 Å². The lowest BCUT2D eigenvalue weighted by atomic mass is 9.96. The molecule has 1 unspecified atom stereocenters. The minimum Gasteiger partial charge on any atom is -0.334 e. The van der Waals surface area contributed by atoms with Crippen LogP contribution in [0.2, 0.25) is 0 Å². The van der Waals surface area contributed by atoms with Gasteiger partial charge in [-0.25, -0.2) is 10.3 Å². The number of rotatable bonds is 3. The fourth-order valence-electron chi connectivity index (χ4n) is 2.33. The summed E-state index contributed by atoms with van der Waals surface area (Å²) in [6, 6.07) is 0.137. The van der Waals surface area contributed by atoms with Crippen LogP contribution in [0.1, 0.15) is 38.5 Å². The maximum Gasteiger partial charge on any atom is 0.338 e. The van der Waals surface area contributed by atoms with Crippen LogP contribution >= 0.6 is 0 Å². The van der Waals surface area contributed by atoms with Gasteiger partial charge < -0.3 is 10.6 Å². The quantitative estimate of drug-likeness (QED) is 0.628. The van der Waals surface area contributed by atoms with Gasteiger partial charge in [-0.2, -0.15) is 0 Å². The summed E-state index contributed by atoms with van der Waals surface area (Å²) in [7, 11) is 0. The molecule has 0 aromatic heterocycles. The van der Waals surface area contributed by atoms with E-state index in [9.17, 15) is 4.79 Å². The van der Waals surface area contributed by atoms with Crippen molar-refractivity contribution in [3.8, 4) is 0 Å². The Labute approximate surface area is 96.3 Å². The van der Waals surface area contributed by atoms with E-state index in [4.69, 9.17) is 4.84 Å². The summed E-state index contributed by atoms with van der Waals surface area (Å²) in [5, 5.41) is 6.13. The SMILES string of the molecule is O=C(NOC1CCNC1)NC1CCCCC1. The third kappa shape index (κ3) is 3.64. The lowest BCUT2D eigenvalue weighted by Crippen LogP contribution is -2.44. The number of carbonyl (C=O) groups is 1. The normalized spacial score (nSPS) is 26.6. The molecule has 2 fully saturated rings.